The third kappa shape index (κ3) is 31.9. The molecule has 1 amide bonds. The lowest BCUT2D eigenvalue weighted by molar-refractivity contribution is -0.161. The molecule has 0 spiro atoms. The van der Waals surface area contributed by atoms with E-state index in [2.05, 4.69) is 43.5 Å². The number of nitrogens with one attached hydrogen (secondary N) is 1. The van der Waals surface area contributed by atoms with Gasteiger partial charge in [-0.15, -0.1) is 0 Å². The van der Waals surface area contributed by atoms with Gasteiger partial charge in [-0.2, -0.15) is 0 Å². The molecule has 1 rings (SSSR count). The van der Waals surface area contributed by atoms with Crippen molar-refractivity contribution in [2.24, 2.45) is 0 Å². The van der Waals surface area contributed by atoms with Crippen LogP contribution < -0.4 is 5.32 Å². The molecule has 0 aromatic carbocycles. The molecule has 0 aromatic heterocycles. The van der Waals surface area contributed by atoms with Gasteiger partial charge in [0.25, 0.3) is 0 Å². The van der Waals surface area contributed by atoms with Crippen molar-refractivity contribution in [2.75, 3.05) is 26.4 Å². The highest BCUT2D eigenvalue weighted by atomic mass is 31.1. The van der Waals surface area contributed by atoms with Crippen molar-refractivity contribution in [2.45, 2.75) is 233 Å². The largest absolute Gasteiger partial charge is 0.462 e. The molecular formula is C53H90NO9P. The first-order valence-electron chi connectivity index (χ1n) is 25.5. The topological polar surface area (TPSA) is 134 Å². The summed E-state index contributed by atoms with van der Waals surface area (Å²) in [5.74, 6) is -1.22. The molecule has 366 valence electrons. The predicted octanol–water partition coefficient (Wildman–Crippen LogP) is 13.8. The van der Waals surface area contributed by atoms with E-state index in [9.17, 15) is 24.0 Å². The van der Waals surface area contributed by atoms with E-state index in [1.54, 1.807) is 20.8 Å². The van der Waals surface area contributed by atoms with E-state index in [0.29, 0.717) is 35.1 Å². The molecule has 0 saturated carbocycles. The third-order valence-corrected chi connectivity index (χ3v) is 12.4. The first-order valence-corrected chi connectivity index (χ1v) is 26.3. The predicted molar refractivity (Wildman–Crippen MR) is 263 cm³/mol. The second-order valence-corrected chi connectivity index (χ2v) is 18.3. The number of carbonyl (C=O) groups excluding carboxylic acids is 5. The fourth-order valence-corrected chi connectivity index (χ4v) is 8.06. The van der Waals surface area contributed by atoms with Crippen LogP contribution in [-0.4, -0.2) is 61.9 Å². The Morgan fingerprint density at radius 1 is 0.531 bits per heavy atom. The molecular weight excluding hydrogens is 826 g/mol. The van der Waals surface area contributed by atoms with Gasteiger partial charge < -0.3 is 23.8 Å². The average molecular weight is 916 g/mol. The maximum Gasteiger partial charge on any atom is 0.306 e. The van der Waals surface area contributed by atoms with E-state index in [0.717, 1.165) is 70.6 Å². The number of ketones is 2. The van der Waals surface area contributed by atoms with E-state index in [-0.39, 0.29) is 77.7 Å². The van der Waals surface area contributed by atoms with Gasteiger partial charge in [0.15, 0.2) is 26.7 Å². The fourth-order valence-electron chi connectivity index (χ4n) is 7.53. The number of carbonyl (C=O) groups is 5. The molecule has 11 heteroatoms. The number of allylic oxidation sites excluding steroid dienone is 8. The van der Waals surface area contributed by atoms with E-state index in [1.807, 2.05) is 0 Å². The number of ether oxygens (including phenoxy) is 2. The van der Waals surface area contributed by atoms with E-state index < -0.39 is 6.10 Å². The maximum atomic E-state index is 12.8. The Balaban J connectivity index is 2.36. The first kappa shape index (κ1) is 59.1. The summed E-state index contributed by atoms with van der Waals surface area (Å²) >= 11 is 0. The molecule has 0 aromatic rings. The van der Waals surface area contributed by atoms with E-state index in [1.165, 1.54) is 96.3 Å². The lowest BCUT2D eigenvalue weighted by atomic mass is 9.84. The minimum Gasteiger partial charge on any atom is -0.462 e. The SMILES string of the molecule is CCCCCCCC/C=C/CCCCCCCC(=O)OC[C@H](COPOCCNC(=O)CCC1=C(C)C(=O)C(C)=C(C)C1=O)OC(=O)CCCCCCC/C=C/CCCCCCCC. The molecule has 2 atom stereocenters. The van der Waals surface area contributed by atoms with Crippen molar-refractivity contribution in [1.82, 2.24) is 5.32 Å². The number of hydrogen-bond acceptors (Lipinski definition) is 9. The van der Waals surface area contributed by atoms with E-state index >= 15 is 0 Å². The van der Waals surface area contributed by atoms with Gasteiger partial charge >= 0.3 is 11.9 Å². The minimum atomic E-state index is -0.751. The summed E-state index contributed by atoms with van der Waals surface area (Å²) in [6, 6.07) is 0. The van der Waals surface area contributed by atoms with Crippen molar-refractivity contribution in [3.05, 3.63) is 46.6 Å². The summed E-state index contributed by atoms with van der Waals surface area (Å²) in [5, 5.41) is 2.77. The smallest absolute Gasteiger partial charge is 0.306 e. The van der Waals surface area contributed by atoms with Crippen LogP contribution in [0.25, 0.3) is 0 Å². The Labute approximate surface area is 391 Å². The second kappa shape index (κ2) is 41.5. The zero-order valence-corrected chi connectivity index (χ0v) is 42.1. The molecule has 64 heavy (non-hydrogen) atoms. The highest BCUT2D eigenvalue weighted by Crippen LogP contribution is 2.27. The Kier molecular flexibility index (Phi) is 38.3. The molecule has 1 unspecified atom stereocenters. The molecule has 0 heterocycles. The van der Waals surface area contributed by atoms with Crippen LogP contribution in [0.5, 0.6) is 0 Å². The standard InChI is InChI=1S/C53H90NO9P/c1-6-8-10-12-14-16-18-20-22-24-26-28-30-32-34-36-50(56)60-42-47(63-51(57)37-35-33-31-29-27-25-23-21-19-17-15-13-11-9-7-2)43-62-64-61-41-40-54-49(55)39-38-48-46(5)52(58)44(3)45(4)53(48)59/h20-23,47,64H,6-19,24-43H2,1-5H3,(H,54,55)/b22-20+,23-21+/t47-/m1/s1. The summed E-state index contributed by atoms with van der Waals surface area (Å²) < 4.78 is 22.5. The highest BCUT2D eigenvalue weighted by molar-refractivity contribution is 7.26. The van der Waals surface area contributed by atoms with Gasteiger partial charge in [-0.05, 0) is 91.4 Å². The van der Waals surface area contributed by atoms with Crippen molar-refractivity contribution in [3.8, 4) is 0 Å². The van der Waals surface area contributed by atoms with Crippen LogP contribution in [0.3, 0.4) is 0 Å². The lowest BCUT2D eigenvalue weighted by Gasteiger charge is -2.18. The second-order valence-electron chi connectivity index (χ2n) is 17.6. The van der Waals surface area contributed by atoms with Crippen molar-refractivity contribution < 1.29 is 42.5 Å². The maximum absolute atomic E-state index is 12.8. The number of unbranched alkanes of at least 4 members (excludes halogenated alkanes) is 22. The summed E-state index contributed by atoms with van der Waals surface area (Å²) in [6.07, 6.45) is 40.2. The minimum absolute atomic E-state index is 0.0121. The van der Waals surface area contributed by atoms with Crippen LogP contribution in [0, 0.1) is 0 Å². The number of hydrogen-bond donors (Lipinski definition) is 1. The summed E-state index contributed by atoms with van der Waals surface area (Å²) in [5.41, 5.74) is 1.69. The van der Waals surface area contributed by atoms with Crippen LogP contribution >= 0.6 is 9.03 Å². The Hall–Kier alpha value is -2.94. The summed E-state index contributed by atoms with van der Waals surface area (Å²) in [7, 11) is -0.376. The molecule has 0 fully saturated rings. The quantitative estimate of drug-likeness (QED) is 0.0209. The van der Waals surface area contributed by atoms with Gasteiger partial charge in [0.1, 0.15) is 6.61 Å². The van der Waals surface area contributed by atoms with Crippen LogP contribution in [0.4, 0.5) is 0 Å². The van der Waals surface area contributed by atoms with Crippen molar-refractivity contribution in [1.29, 1.82) is 0 Å². The fraction of sp³-hybridized carbons (Fsp3) is 0.755. The molecule has 10 nitrogen and oxygen atoms in total. The first-order chi connectivity index (χ1) is 31.1. The Morgan fingerprint density at radius 3 is 1.50 bits per heavy atom. The molecule has 1 aliphatic rings. The molecule has 0 radical (unpaired) electrons. The number of amides is 1. The van der Waals surface area contributed by atoms with Crippen LogP contribution in [0.1, 0.15) is 227 Å². The van der Waals surface area contributed by atoms with Crippen LogP contribution in [0.15, 0.2) is 46.6 Å². The van der Waals surface area contributed by atoms with Gasteiger partial charge in [0.2, 0.25) is 5.91 Å². The molecule has 0 saturated heterocycles. The van der Waals surface area contributed by atoms with Crippen LogP contribution in [-0.2, 0) is 42.5 Å². The van der Waals surface area contributed by atoms with Gasteiger partial charge in [-0.1, -0.05) is 141 Å². The van der Waals surface area contributed by atoms with Crippen LogP contribution in [0.2, 0.25) is 0 Å². The van der Waals surface area contributed by atoms with Gasteiger partial charge in [-0.25, -0.2) is 0 Å². The number of Topliss-reactive ketones (excluding diaryl/α,β-unsaturated/α-hetero) is 2. The normalized spacial score (nSPS) is 14.0. The summed E-state index contributed by atoms with van der Waals surface area (Å²) in [6.45, 7) is 9.78. The third-order valence-electron chi connectivity index (χ3n) is 11.8. The van der Waals surface area contributed by atoms with Gasteiger partial charge in [-0.3, -0.25) is 24.0 Å². The number of esters is 2. The zero-order valence-electron chi connectivity index (χ0n) is 41.1. The molecule has 0 bridgehead atoms. The van der Waals surface area contributed by atoms with Gasteiger partial charge in [0.05, 0.1) is 13.2 Å². The Bertz CT molecular complexity index is 1420. The van der Waals surface area contributed by atoms with Crippen molar-refractivity contribution in [3.63, 3.8) is 0 Å². The van der Waals surface area contributed by atoms with Crippen molar-refractivity contribution >= 4 is 38.4 Å². The average Bonchev–Trinajstić information content (AvgIpc) is 3.28. The number of rotatable bonds is 43. The molecule has 1 N–H and O–H groups in total. The monoisotopic (exact) mass is 916 g/mol. The van der Waals surface area contributed by atoms with E-state index in [4.69, 9.17) is 18.5 Å². The molecule has 1 aliphatic carbocycles. The zero-order chi connectivity index (χ0) is 46.9. The lowest BCUT2D eigenvalue weighted by Crippen LogP contribution is -2.29. The van der Waals surface area contributed by atoms with Gasteiger partial charge in [0, 0.05) is 48.1 Å². The molecule has 0 aliphatic heterocycles. The Morgan fingerprint density at radius 2 is 0.984 bits per heavy atom. The highest BCUT2D eigenvalue weighted by Gasteiger charge is 2.27. The summed E-state index contributed by atoms with van der Waals surface area (Å²) in [4.78, 5) is 62.9.